The molecular weight excluding hydrogens is 415 g/mol. The first kappa shape index (κ1) is 20.3. The molecule has 0 amide bonds. The van der Waals surface area contributed by atoms with E-state index < -0.39 is 32.6 Å². The highest BCUT2D eigenvalue weighted by Crippen LogP contribution is 2.47. The van der Waals surface area contributed by atoms with Crippen LogP contribution in [0.15, 0.2) is 70.1 Å². The zero-order valence-electron chi connectivity index (χ0n) is 14.1. The van der Waals surface area contributed by atoms with Gasteiger partial charge in [-0.05, 0) is 23.8 Å². The summed E-state index contributed by atoms with van der Waals surface area (Å²) in [5, 5.41) is 9.09. The second-order valence-electron chi connectivity index (χ2n) is 5.97. The van der Waals surface area contributed by atoms with E-state index in [0.717, 1.165) is 35.5 Å². The topological polar surface area (TPSA) is 83.5 Å². The minimum absolute atomic E-state index is 0.0521. The van der Waals surface area contributed by atoms with Crippen LogP contribution in [0.2, 0.25) is 0 Å². The number of carbonyl (C=O) groups is 1. The summed E-state index contributed by atoms with van der Waals surface area (Å²) in [6.45, 7) is 0. The number of nitrogens with one attached hydrogen (secondary N) is 1. The van der Waals surface area contributed by atoms with Crippen LogP contribution in [-0.4, -0.2) is 19.5 Å². The number of sulfonamides is 1. The number of alkyl halides is 3. The van der Waals surface area contributed by atoms with E-state index in [1.165, 1.54) is 0 Å². The number of benzene rings is 2. The number of aliphatic carboxylic acids is 1. The lowest BCUT2D eigenvalue weighted by Crippen LogP contribution is -2.24. The van der Waals surface area contributed by atoms with E-state index >= 15 is 0 Å². The zero-order chi connectivity index (χ0) is 20.5. The van der Waals surface area contributed by atoms with Gasteiger partial charge in [0.25, 0.3) is 10.0 Å². The van der Waals surface area contributed by atoms with E-state index in [1.807, 2.05) is 0 Å². The van der Waals surface area contributed by atoms with Crippen molar-refractivity contribution in [3.8, 4) is 0 Å². The molecule has 0 aliphatic carbocycles. The Kier molecular flexibility index (Phi) is 5.44. The second-order valence-corrected chi connectivity index (χ2v) is 8.86. The molecule has 0 saturated carbocycles. The fourth-order valence-electron chi connectivity index (χ4n) is 2.71. The van der Waals surface area contributed by atoms with Gasteiger partial charge >= 0.3 is 12.1 Å². The highest BCUT2D eigenvalue weighted by molar-refractivity contribution is 8.04. The van der Waals surface area contributed by atoms with Crippen molar-refractivity contribution < 1.29 is 31.5 Å². The van der Waals surface area contributed by atoms with Gasteiger partial charge < -0.3 is 5.11 Å². The third kappa shape index (κ3) is 4.33. The summed E-state index contributed by atoms with van der Waals surface area (Å²) >= 11 is 0.996. The van der Waals surface area contributed by atoms with E-state index in [4.69, 9.17) is 0 Å². The third-order valence-electron chi connectivity index (χ3n) is 4.02. The van der Waals surface area contributed by atoms with E-state index in [-0.39, 0.29) is 22.3 Å². The molecular formula is C18H14F3NO4S2. The maximum Gasteiger partial charge on any atom is 0.416 e. The molecule has 0 saturated heterocycles. The first-order valence-corrected chi connectivity index (χ1v) is 10.3. The normalized spacial score (nSPS) is 17.6. The smallest absolute Gasteiger partial charge is 0.416 e. The van der Waals surface area contributed by atoms with Crippen molar-refractivity contribution in [3.05, 3.63) is 76.3 Å². The predicted molar refractivity (Wildman–Crippen MR) is 97.8 cm³/mol. The summed E-state index contributed by atoms with van der Waals surface area (Å²) < 4.78 is 65.9. The number of rotatable bonds is 5. The van der Waals surface area contributed by atoms with Crippen molar-refractivity contribution in [2.24, 2.45) is 0 Å². The monoisotopic (exact) mass is 429 g/mol. The van der Waals surface area contributed by atoms with Gasteiger partial charge in [0.15, 0.2) is 0 Å². The first-order chi connectivity index (χ1) is 13.1. The van der Waals surface area contributed by atoms with E-state index in [9.17, 15) is 31.5 Å². The van der Waals surface area contributed by atoms with Crippen LogP contribution in [0.4, 0.5) is 13.2 Å². The highest BCUT2D eigenvalue weighted by atomic mass is 32.2. The van der Waals surface area contributed by atoms with Crippen molar-refractivity contribution in [2.45, 2.75) is 22.7 Å². The zero-order valence-corrected chi connectivity index (χ0v) is 15.7. The number of halogens is 3. The standard InChI is InChI=1S/C18H14F3NO4S2/c19-18(20,21)12-7-4-8-13(9-12)28(25,26)22-14-10-15(27-16(14)17(23)24)11-5-2-1-3-6-11/h1-9,15,22H,10H2,(H,23,24). The summed E-state index contributed by atoms with van der Waals surface area (Å²) in [5.41, 5.74) is -0.339. The molecule has 3 rings (SSSR count). The van der Waals surface area contributed by atoms with Crippen molar-refractivity contribution in [3.63, 3.8) is 0 Å². The fourth-order valence-corrected chi connectivity index (χ4v) is 5.15. The molecule has 0 bridgehead atoms. The molecule has 1 unspecified atom stereocenters. The highest BCUT2D eigenvalue weighted by Gasteiger charge is 2.34. The minimum Gasteiger partial charge on any atom is -0.477 e. The molecule has 148 valence electrons. The summed E-state index contributed by atoms with van der Waals surface area (Å²) in [4.78, 5) is 10.8. The number of allylic oxidation sites excluding steroid dienone is 1. The van der Waals surface area contributed by atoms with Crippen LogP contribution in [0.1, 0.15) is 22.8 Å². The molecule has 1 heterocycles. The molecule has 5 nitrogen and oxygen atoms in total. The van der Waals surface area contributed by atoms with Gasteiger partial charge in [0.2, 0.25) is 0 Å². The van der Waals surface area contributed by atoms with Gasteiger partial charge in [-0.2, -0.15) is 13.2 Å². The average molecular weight is 429 g/mol. The Labute approximate surface area is 163 Å². The molecule has 2 aromatic rings. The maximum atomic E-state index is 12.9. The van der Waals surface area contributed by atoms with Crippen molar-refractivity contribution in [2.75, 3.05) is 0 Å². The van der Waals surface area contributed by atoms with E-state index in [0.29, 0.717) is 6.07 Å². The van der Waals surface area contributed by atoms with Crippen molar-refractivity contribution in [1.29, 1.82) is 0 Å². The third-order valence-corrected chi connectivity index (χ3v) is 6.79. The van der Waals surface area contributed by atoms with E-state index in [2.05, 4.69) is 4.72 Å². The van der Waals surface area contributed by atoms with Crippen LogP contribution >= 0.6 is 11.8 Å². The minimum atomic E-state index is -4.70. The Morgan fingerprint density at radius 3 is 2.39 bits per heavy atom. The maximum absolute atomic E-state index is 12.9. The van der Waals surface area contributed by atoms with E-state index in [1.54, 1.807) is 30.3 Å². The Bertz CT molecular complexity index is 1030. The number of hydrogen-bond acceptors (Lipinski definition) is 4. The molecule has 1 aliphatic heterocycles. The SMILES string of the molecule is O=C(O)C1=C(NS(=O)(=O)c2cccc(C(F)(F)F)c2)CC(c2ccccc2)S1. The van der Waals surface area contributed by atoms with Crippen LogP contribution in [-0.2, 0) is 21.0 Å². The second kappa shape index (κ2) is 7.51. The number of thioether (sulfide) groups is 1. The molecule has 0 fully saturated rings. The fraction of sp³-hybridized carbons (Fsp3) is 0.167. The van der Waals surface area contributed by atoms with Gasteiger partial charge in [-0.3, -0.25) is 4.72 Å². The lowest BCUT2D eigenvalue weighted by molar-refractivity contribution is -0.137. The van der Waals surface area contributed by atoms with Crippen molar-refractivity contribution in [1.82, 2.24) is 4.72 Å². The summed E-state index contributed by atoms with van der Waals surface area (Å²) in [6, 6.07) is 12.2. The van der Waals surface area contributed by atoms with Gasteiger partial charge in [0.05, 0.1) is 10.5 Å². The summed E-state index contributed by atoms with van der Waals surface area (Å²) in [6.07, 6.45) is -4.60. The predicted octanol–water partition coefficient (Wildman–Crippen LogP) is 4.16. The van der Waals surface area contributed by atoms with Gasteiger partial charge in [-0.1, -0.05) is 36.4 Å². The quantitative estimate of drug-likeness (QED) is 0.746. The molecule has 0 aromatic heterocycles. The molecule has 0 radical (unpaired) electrons. The largest absolute Gasteiger partial charge is 0.477 e. The Morgan fingerprint density at radius 2 is 1.79 bits per heavy atom. The molecule has 28 heavy (non-hydrogen) atoms. The molecule has 1 aliphatic rings. The lowest BCUT2D eigenvalue weighted by Gasteiger charge is -2.13. The van der Waals surface area contributed by atoms with Crippen molar-refractivity contribution >= 4 is 27.8 Å². The van der Waals surface area contributed by atoms with Gasteiger partial charge in [0, 0.05) is 17.4 Å². The van der Waals surface area contributed by atoms with Crippen LogP contribution in [0, 0.1) is 0 Å². The summed E-state index contributed by atoms with van der Waals surface area (Å²) in [7, 11) is -4.38. The summed E-state index contributed by atoms with van der Waals surface area (Å²) in [5.74, 6) is -1.30. The Morgan fingerprint density at radius 1 is 1.11 bits per heavy atom. The Balaban J connectivity index is 1.90. The number of hydrogen-bond donors (Lipinski definition) is 2. The molecule has 2 aromatic carbocycles. The number of carboxylic acids is 1. The van der Waals surface area contributed by atoms with Crippen LogP contribution in [0.25, 0.3) is 0 Å². The van der Waals surface area contributed by atoms with Gasteiger partial charge in [-0.15, -0.1) is 11.8 Å². The Hall–Kier alpha value is -2.46. The van der Waals surface area contributed by atoms with Gasteiger partial charge in [0.1, 0.15) is 4.91 Å². The first-order valence-electron chi connectivity index (χ1n) is 7.96. The molecule has 2 N–H and O–H groups in total. The molecule has 0 spiro atoms. The van der Waals surface area contributed by atoms with Crippen LogP contribution in [0.5, 0.6) is 0 Å². The van der Waals surface area contributed by atoms with Gasteiger partial charge in [-0.25, -0.2) is 13.2 Å². The average Bonchev–Trinajstić information content (AvgIpc) is 3.05. The molecule has 10 heteroatoms. The number of carboxylic acid groups (broad SMARTS) is 1. The lowest BCUT2D eigenvalue weighted by atomic mass is 10.1. The van der Waals surface area contributed by atoms with Crippen LogP contribution < -0.4 is 4.72 Å². The molecule has 1 atom stereocenters. The van der Waals surface area contributed by atoms with Crippen LogP contribution in [0.3, 0.4) is 0 Å².